The molecular weight excluding hydrogens is 266 g/mol. The van der Waals surface area contributed by atoms with Crippen molar-refractivity contribution >= 4 is 5.82 Å². The Balaban J connectivity index is 1.56. The summed E-state index contributed by atoms with van der Waals surface area (Å²) in [7, 11) is 0. The van der Waals surface area contributed by atoms with Crippen LogP contribution in [0.15, 0.2) is 36.5 Å². The van der Waals surface area contributed by atoms with E-state index >= 15 is 0 Å². The molecule has 2 heterocycles. The largest absolute Gasteiger partial charge is 0.486 e. The monoisotopic (exact) mass is 281 g/mol. The van der Waals surface area contributed by atoms with Crippen LogP contribution in [0.5, 0.6) is 11.5 Å². The Morgan fingerprint density at radius 3 is 2.76 bits per heavy atom. The maximum atomic E-state index is 8.72. The Kier molecular flexibility index (Phi) is 3.88. The summed E-state index contributed by atoms with van der Waals surface area (Å²) >= 11 is 0. The minimum absolute atomic E-state index is 0.562. The number of fused-ring (bicyclic) bond motifs is 1. The Morgan fingerprint density at radius 1 is 1.14 bits per heavy atom. The zero-order valence-corrected chi connectivity index (χ0v) is 11.5. The molecule has 1 aromatic carbocycles. The summed E-state index contributed by atoms with van der Waals surface area (Å²) in [4.78, 5) is 4.17. The Morgan fingerprint density at radius 2 is 2.00 bits per heavy atom. The molecule has 0 aliphatic carbocycles. The molecule has 1 aromatic heterocycles. The number of hydrogen-bond donors (Lipinski definition) is 1. The molecule has 3 rings (SSSR count). The lowest BCUT2D eigenvalue weighted by Crippen LogP contribution is -2.15. The van der Waals surface area contributed by atoms with Gasteiger partial charge in [0.05, 0.1) is 5.56 Å². The van der Waals surface area contributed by atoms with Gasteiger partial charge in [0.1, 0.15) is 25.1 Å². The van der Waals surface area contributed by atoms with E-state index in [0.29, 0.717) is 18.8 Å². The van der Waals surface area contributed by atoms with Crippen molar-refractivity contribution in [1.29, 1.82) is 5.26 Å². The van der Waals surface area contributed by atoms with E-state index in [4.69, 9.17) is 14.7 Å². The highest BCUT2D eigenvalue weighted by Crippen LogP contribution is 2.30. The molecule has 0 unspecified atom stereocenters. The molecule has 21 heavy (non-hydrogen) atoms. The second-order valence-electron chi connectivity index (χ2n) is 4.70. The third-order valence-corrected chi connectivity index (χ3v) is 3.22. The maximum Gasteiger partial charge on any atom is 0.161 e. The molecular formula is C16H15N3O2. The maximum absolute atomic E-state index is 8.72. The third-order valence-electron chi connectivity index (χ3n) is 3.22. The summed E-state index contributed by atoms with van der Waals surface area (Å²) in [6, 6.07) is 11.6. The molecule has 0 atom stereocenters. The van der Waals surface area contributed by atoms with Gasteiger partial charge in [0.15, 0.2) is 11.5 Å². The first-order valence-corrected chi connectivity index (χ1v) is 6.84. The van der Waals surface area contributed by atoms with Crippen LogP contribution in [0.1, 0.15) is 11.1 Å². The Bertz CT molecular complexity index is 662. The molecule has 2 aromatic rings. The molecule has 0 fully saturated rings. The van der Waals surface area contributed by atoms with Gasteiger partial charge in [-0.25, -0.2) is 4.98 Å². The predicted octanol–water partition coefficient (Wildman–Crippen LogP) is 2.38. The van der Waals surface area contributed by atoms with Gasteiger partial charge in [-0.3, -0.25) is 0 Å². The summed E-state index contributed by atoms with van der Waals surface area (Å²) in [6.07, 6.45) is 2.42. The van der Waals surface area contributed by atoms with E-state index in [-0.39, 0.29) is 0 Å². The highest BCUT2D eigenvalue weighted by molar-refractivity contribution is 5.44. The van der Waals surface area contributed by atoms with Crippen molar-refractivity contribution < 1.29 is 9.47 Å². The average Bonchev–Trinajstić information content (AvgIpc) is 2.55. The number of aromatic nitrogens is 1. The molecule has 1 aliphatic heterocycles. The molecule has 1 N–H and O–H groups in total. The number of anilines is 1. The van der Waals surface area contributed by atoms with Crippen LogP contribution in [0, 0.1) is 11.3 Å². The molecule has 0 bridgehead atoms. The van der Waals surface area contributed by atoms with Gasteiger partial charge in [0.2, 0.25) is 0 Å². The minimum Gasteiger partial charge on any atom is -0.486 e. The average molecular weight is 281 g/mol. The van der Waals surface area contributed by atoms with Gasteiger partial charge in [0.25, 0.3) is 0 Å². The number of nitrogens with one attached hydrogen (secondary N) is 1. The number of ether oxygens (including phenoxy) is 2. The lowest BCUT2D eigenvalue weighted by molar-refractivity contribution is 0.171. The molecule has 0 amide bonds. The van der Waals surface area contributed by atoms with Gasteiger partial charge in [-0.15, -0.1) is 0 Å². The van der Waals surface area contributed by atoms with Crippen LogP contribution in [0.25, 0.3) is 0 Å². The summed E-state index contributed by atoms with van der Waals surface area (Å²) in [5.41, 5.74) is 1.74. The number of pyridine rings is 1. The van der Waals surface area contributed by atoms with E-state index in [1.165, 1.54) is 5.56 Å². The highest BCUT2D eigenvalue weighted by atomic mass is 16.6. The molecule has 1 aliphatic rings. The van der Waals surface area contributed by atoms with Crippen molar-refractivity contribution in [3.63, 3.8) is 0 Å². The Hall–Kier alpha value is -2.74. The summed E-state index contributed by atoms with van der Waals surface area (Å²) in [6.45, 7) is 1.97. The summed E-state index contributed by atoms with van der Waals surface area (Å²) < 4.78 is 11.1. The van der Waals surface area contributed by atoms with E-state index in [2.05, 4.69) is 10.3 Å². The zero-order chi connectivity index (χ0) is 14.5. The quantitative estimate of drug-likeness (QED) is 0.932. The van der Waals surface area contributed by atoms with Gasteiger partial charge in [-0.05, 0) is 36.2 Å². The van der Waals surface area contributed by atoms with Crippen LogP contribution in [0.2, 0.25) is 0 Å². The number of nitriles is 1. The second kappa shape index (κ2) is 6.14. The fourth-order valence-corrected chi connectivity index (χ4v) is 2.14. The summed E-state index contributed by atoms with van der Waals surface area (Å²) in [5.74, 6) is 2.40. The Labute approximate surface area is 123 Å². The molecule has 0 saturated carbocycles. The number of hydrogen-bond acceptors (Lipinski definition) is 5. The highest BCUT2D eigenvalue weighted by Gasteiger charge is 2.11. The van der Waals surface area contributed by atoms with Crippen LogP contribution >= 0.6 is 0 Å². The SMILES string of the molecule is N#Cc1ccc(NCCc2ccc3c(c2)OCCO3)nc1. The van der Waals surface area contributed by atoms with E-state index in [9.17, 15) is 0 Å². The van der Waals surface area contributed by atoms with Crippen molar-refractivity contribution in [3.05, 3.63) is 47.7 Å². The normalized spacial score (nSPS) is 12.5. The van der Waals surface area contributed by atoms with Crippen molar-refractivity contribution in [1.82, 2.24) is 4.98 Å². The van der Waals surface area contributed by atoms with Gasteiger partial charge >= 0.3 is 0 Å². The van der Waals surface area contributed by atoms with Crippen LogP contribution in [-0.4, -0.2) is 24.7 Å². The van der Waals surface area contributed by atoms with Gasteiger partial charge in [0, 0.05) is 12.7 Å². The third kappa shape index (κ3) is 3.23. The second-order valence-corrected chi connectivity index (χ2v) is 4.70. The van der Waals surface area contributed by atoms with Gasteiger partial charge in [-0.2, -0.15) is 5.26 Å². The van der Waals surface area contributed by atoms with Crippen LogP contribution in [0.3, 0.4) is 0 Å². The lowest BCUT2D eigenvalue weighted by Gasteiger charge is -2.18. The number of benzene rings is 1. The van der Waals surface area contributed by atoms with Gasteiger partial charge in [-0.1, -0.05) is 6.07 Å². The topological polar surface area (TPSA) is 67.2 Å². The molecule has 5 nitrogen and oxygen atoms in total. The lowest BCUT2D eigenvalue weighted by atomic mass is 10.1. The van der Waals surface area contributed by atoms with Crippen LogP contribution < -0.4 is 14.8 Å². The first-order valence-electron chi connectivity index (χ1n) is 6.84. The van der Waals surface area contributed by atoms with Crippen molar-refractivity contribution in [2.24, 2.45) is 0 Å². The number of rotatable bonds is 4. The van der Waals surface area contributed by atoms with Crippen molar-refractivity contribution in [2.45, 2.75) is 6.42 Å². The van der Waals surface area contributed by atoms with Crippen LogP contribution in [-0.2, 0) is 6.42 Å². The van der Waals surface area contributed by atoms with Crippen molar-refractivity contribution in [2.75, 3.05) is 25.1 Å². The van der Waals surface area contributed by atoms with Crippen LogP contribution in [0.4, 0.5) is 5.82 Å². The van der Waals surface area contributed by atoms with E-state index < -0.39 is 0 Å². The smallest absolute Gasteiger partial charge is 0.161 e. The minimum atomic E-state index is 0.562. The molecule has 5 heteroatoms. The molecule has 106 valence electrons. The van der Waals surface area contributed by atoms with E-state index in [1.54, 1.807) is 12.3 Å². The molecule has 0 saturated heterocycles. The van der Waals surface area contributed by atoms with E-state index in [1.807, 2.05) is 30.3 Å². The zero-order valence-electron chi connectivity index (χ0n) is 11.5. The first kappa shape index (κ1) is 13.3. The standard InChI is InChI=1S/C16H15N3O2/c17-10-13-2-4-16(19-11-13)18-6-5-12-1-3-14-15(9-12)21-8-7-20-14/h1-4,9,11H,5-8H2,(H,18,19). The van der Waals surface area contributed by atoms with Crippen molar-refractivity contribution in [3.8, 4) is 17.6 Å². The predicted molar refractivity (Wildman–Crippen MR) is 78.6 cm³/mol. The summed E-state index contributed by atoms with van der Waals surface area (Å²) in [5, 5.41) is 11.9. The fraction of sp³-hybridized carbons (Fsp3) is 0.250. The fourth-order valence-electron chi connectivity index (χ4n) is 2.14. The first-order chi connectivity index (χ1) is 10.3. The van der Waals surface area contributed by atoms with Gasteiger partial charge < -0.3 is 14.8 Å². The number of nitrogens with zero attached hydrogens (tertiary/aromatic N) is 2. The van der Waals surface area contributed by atoms with E-state index in [0.717, 1.165) is 30.3 Å². The molecule has 0 radical (unpaired) electrons. The molecule has 0 spiro atoms.